The van der Waals surface area contributed by atoms with Crippen LogP contribution in [0.15, 0.2) is 131 Å². The lowest BCUT2D eigenvalue weighted by atomic mass is 9.91. The van der Waals surface area contributed by atoms with Crippen molar-refractivity contribution in [3.05, 3.63) is 132 Å². The molecule has 4 aromatic carbocycles. The number of carbonyl (C=O) groups excluding carboxylic acids is 5. The largest absolute Gasteiger partial charge is 0.463 e. The Morgan fingerprint density at radius 3 is 1.36 bits per heavy atom. The molecule has 3 N–H and O–H groups in total. The fourth-order valence-corrected chi connectivity index (χ4v) is 11.1. The second kappa shape index (κ2) is 28.4. The number of fused-ring (bicyclic) bond motifs is 2. The zero-order chi connectivity index (χ0) is 55.2. The lowest BCUT2D eigenvalue weighted by molar-refractivity contribution is -0.318. The van der Waals surface area contributed by atoms with E-state index in [1.54, 1.807) is 11.8 Å². The monoisotopic (exact) mass is 1110 g/mol. The summed E-state index contributed by atoms with van der Waals surface area (Å²) in [5.74, 6) is -3.75. The summed E-state index contributed by atoms with van der Waals surface area (Å²) in [4.78, 5) is 59.1. The molecule has 77 heavy (non-hydrogen) atoms. The average Bonchev–Trinajstić information content (AvgIpc) is 3.47. The smallest absolute Gasteiger partial charge is 0.305 e. The van der Waals surface area contributed by atoms with E-state index < -0.39 is 116 Å². The fraction of sp³-hybridized carbons (Fsp3) is 0.473. The number of carbonyl (C=O) groups is 5. The predicted molar refractivity (Wildman–Crippen MR) is 273 cm³/mol. The van der Waals surface area contributed by atoms with Crippen LogP contribution in [0.25, 0.3) is 0 Å². The molecule has 5 saturated heterocycles. The number of aliphatic hydroxyl groups excluding tert-OH is 3. The topological polar surface area (TPSA) is 257 Å². The van der Waals surface area contributed by atoms with Crippen molar-refractivity contribution in [1.29, 1.82) is 0 Å². The normalized spacial score (nSPS) is 32.3. The Bertz CT molecular complexity index is 2390. The summed E-state index contributed by atoms with van der Waals surface area (Å²) in [7, 11) is 0. The van der Waals surface area contributed by atoms with Crippen LogP contribution in [0.4, 0.5) is 0 Å². The van der Waals surface area contributed by atoms with E-state index in [0.717, 1.165) is 55.5 Å². The number of ether oxygens (including phenoxy) is 12. The SMILES string of the molecule is CC(=O)OCC1OC(OC(C)=O)C(OC(C)=O)C(OC(C)=O)C1OC(C)=O.CC1C(O)C(Sc2ccccc2)OC2COC(c3ccccc3)OC21.OC1C(Sc2ccccc2)OC2COC(c3ccccc3)OC2C1O. The van der Waals surface area contributed by atoms with Crippen LogP contribution >= 0.6 is 23.5 Å². The van der Waals surface area contributed by atoms with Gasteiger partial charge in [-0.15, -0.1) is 0 Å². The predicted octanol–water partition coefficient (Wildman–Crippen LogP) is 5.59. The highest BCUT2D eigenvalue weighted by Gasteiger charge is 2.54. The van der Waals surface area contributed by atoms with E-state index in [2.05, 4.69) is 0 Å². The number of rotatable bonds is 12. The minimum atomic E-state index is -1.48. The van der Waals surface area contributed by atoms with E-state index >= 15 is 0 Å². The van der Waals surface area contributed by atoms with Gasteiger partial charge in [-0.3, -0.25) is 24.0 Å². The van der Waals surface area contributed by atoms with Crippen LogP contribution in [0, 0.1) is 5.92 Å². The number of esters is 5. The molecule has 4 aromatic rings. The summed E-state index contributed by atoms with van der Waals surface area (Å²) < 4.78 is 66.6. The molecule has 22 heteroatoms. The summed E-state index contributed by atoms with van der Waals surface area (Å²) >= 11 is 2.93. The molecule has 0 aliphatic carbocycles. The van der Waals surface area contributed by atoms with E-state index in [1.807, 2.05) is 128 Å². The minimum absolute atomic E-state index is 0.0323. The van der Waals surface area contributed by atoms with Crippen LogP contribution in [0.2, 0.25) is 0 Å². The van der Waals surface area contributed by atoms with Crippen molar-refractivity contribution in [3.8, 4) is 0 Å². The molecule has 0 saturated carbocycles. The number of benzene rings is 4. The molecule has 5 aliphatic heterocycles. The van der Waals surface area contributed by atoms with Crippen molar-refractivity contribution in [2.45, 2.75) is 148 Å². The summed E-state index contributed by atoms with van der Waals surface area (Å²) in [6.07, 6.45) is -11.7. The third-order valence-electron chi connectivity index (χ3n) is 12.4. The standard InChI is InChI=1S/C20H22O4S.C19H20O5S.C16H22O11/c1-13-17(21)20(25-15-10-6-3-7-11-15)23-16-12-22-19(24-18(13)16)14-8-4-2-5-9-14;20-15-16(21)19(25-13-9-5-2-6-10-13)23-14-11-22-18(24-17(14)15)12-7-3-1-4-8-12;1-7(17)22-6-12-13(23-8(2)18)14(24-9(3)19)15(25-10(4)20)16(27-12)26-11(5)21/h2-11,13,16-21H,12H2,1H3;1-10,14-21H,11H2;12-16H,6H2,1-5H3. The first-order valence-corrected chi connectivity index (χ1v) is 26.6. The second-order valence-corrected chi connectivity index (χ2v) is 20.7. The number of hydrogen-bond donors (Lipinski definition) is 3. The minimum Gasteiger partial charge on any atom is -0.463 e. The quantitative estimate of drug-likeness (QED) is 0.115. The van der Waals surface area contributed by atoms with Gasteiger partial charge in [0, 0.05) is 61.5 Å². The molecule has 5 heterocycles. The second-order valence-electron chi connectivity index (χ2n) is 18.3. The van der Waals surface area contributed by atoms with Crippen molar-refractivity contribution in [1.82, 2.24) is 0 Å². The Hall–Kier alpha value is -5.47. The molecule has 20 nitrogen and oxygen atoms in total. The van der Waals surface area contributed by atoms with Gasteiger partial charge in [0.2, 0.25) is 12.4 Å². The highest BCUT2D eigenvalue weighted by molar-refractivity contribution is 8.00. The molecule has 17 unspecified atom stereocenters. The van der Waals surface area contributed by atoms with Crippen molar-refractivity contribution >= 4 is 53.4 Å². The third-order valence-corrected chi connectivity index (χ3v) is 14.7. The summed E-state index contributed by atoms with van der Waals surface area (Å²) in [6, 6.07) is 39.1. The van der Waals surface area contributed by atoms with Crippen molar-refractivity contribution in [2.75, 3.05) is 19.8 Å². The summed E-state index contributed by atoms with van der Waals surface area (Å²) in [5.41, 5.74) is 0.977. The van der Waals surface area contributed by atoms with E-state index in [0.29, 0.717) is 13.2 Å². The maximum absolute atomic E-state index is 11.5. The lowest BCUT2D eigenvalue weighted by Crippen LogP contribution is -2.63. The van der Waals surface area contributed by atoms with Crippen LogP contribution in [0.5, 0.6) is 0 Å². The molecule has 5 aliphatic rings. The maximum Gasteiger partial charge on any atom is 0.305 e. The van der Waals surface area contributed by atoms with Crippen molar-refractivity contribution in [3.63, 3.8) is 0 Å². The van der Waals surface area contributed by atoms with E-state index in [-0.39, 0.29) is 23.6 Å². The molecular weight excluding hydrogens is 1040 g/mol. The molecule has 416 valence electrons. The van der Waals surface area contributed by atoms with Gasteiger partial charge in [0.15, 0.2) is 24.8 Å². The van der Waals surface area contributed by atoms with Crippen LogP contribution in [-0.2, 0) is 80.8 Å². The molecule has 0 bridgehead atoms. The first-order valence-electron chi connectivity index (χ1n) is 24.9. The molecule has 0 amide bonds. The highest BCUT2D eigenvalue weighted by Crippen LogP contribution is 2.42. The van der Waals surface area contributed by atoms with Gasteiger partial charge in [-0.25, -0.2) is 0 Å². The van der Waals surface area contributed by atoms with Gasteiger partial charge < -0.3 is 72.2 Å². The van der Waals surface area contributed by atoms with Crippen LogP contribution < -0.4 is 0 Å². The van der Waals surface area contributed by atoms with Gasteiger partial charge in [0.05, 0.1) is 25.4 Å². The third kappa shape index (κ3) is 16.5. The first-order chi connectivity index (χ1) is 36.9. The van der Waals surface area contributed by atoms with Gasteiger partial charge >= 0.3 is 29.8 Å². The molecule has 0 aromatic heterocycles. The fourth-order valence-electron chi connectivity index (χ4n) is 8.87. The number of hydrogen-bond acceptors (Lipinski definition) is 22. The number of aliphatic hydroxyl groups is 3. The maximum atomic E-state index is 11.5. The highest BCUT2D eigenvalue weighted by atomic mass is 32.2. The molecule has 9 rings (SSSR count). The van der Waals surface area contributed by atoms with Gasteiger partial charge in [-0.1, -0.05) is 128 Å². The van der Waals surface area contributed by atoms with E-state index in [9.17, 15) is 39.3 Å². The van der Waals surface area contributed by atoms with E-state index in [4.69, 9.17) is 56.8 Å². The van der Waals surface area contributed by atoms with Crippen LogP contribution in [0.1, 0.15) is 65.2 Å². The average molecular weight is 1110 g/mol. The zero-order valence-corrected chi connectivity index (χ0v) is 44.7. The first kappa shape index (κ1) is 59.2. The van der Waals surface area contributed by atoms with Gasteiger partial charge in [0.1, 0.15) is 54.1 Å². The Morgan fingerprint density at radius 2 is 0.896 bits per heavy atom. The molecule has 17 atom stereocenters. The molecular formula is C55H64O20S2. The Morgan fingerprint density at radius 1 is 0.481 bits per heavy atom. The Balaban J connectivity index is 0.000000168. The number of thioether (sulfide) groups is 2. The van der Waals surface area contributed by atoms with Gasteiger partial charge in [0.25, 0.3) is 0 Å². The van der Waals surface area contributed by atoms with E-state index in [1.165, 1.54) is 11.8 Å². The summed E-state index contributed by atoms with van der Waals surface area (Å²) in [5, 5.41) is 31.8. The molecule has 5 fully saturated rings. The van der Waals surface area contributed by atoms with Crippen LogP contribution in [0.3, 0.4) is 0 Å². The Kier molecular flexibility index (Phi) is 21.9. The Labute approximate surface area is 454 Å². The zero-order valence-electron chi connectivity index (χ0n) is 43.1. The summed E-state index contributed by atoms with van der Waals surface area (Å²) in [6.45, 7) is 7.92. The van der Waals surface area contributed by atoms with Crippen molar-refractivity contribution < 1.29 is 96.1 Å². The molecule has 0 radical (unpaired) electrons. The van der Waals surface area contributed by atoms with Crippen LogP contribution in [-0.4, -0.2) is 149 Å². The van der Waals surface area contributed by atoms with Gasteiger partial charge in [-0.2, -0.15) is 0 Å². The van der Waals surface area contributed by atoms with Gasteiger partial charge in [-0.05, 0) is 24.3 Å². The molecule has 0 spiro atoms. The van der Waals surface area contributed by atoms with Crippen molar-refractivity contribution in [2.24, 2.45) is 5.92 Å². The lowest BCUT2D eigenvalue weighted by Gasteiger charge is -2.47.